The first-order chi connectivity index (χ1) is 66.4. The van der Waals surface area contributed by atoms with E-state index < -0.39 is 0 Å². The zero-order valence-corrected chi connectivity index (χ0v) is 74.1. The van der Waals surface area contributed by atoms with E-state index in [9.17, 15) is 0 Å². The number of nitrogens with zero attached hydrogens (tertiary/aromatic N) is 4. The number of benzene rings is 22. The van der Waals surface area contributed by atoms with Gasteiger partial charge in [-0.05, 0) is 285 Å². The summed E-state index contributed by atoms with van der Waals surface area (Å²) in [7, 11) is 0. The van der Waals surface area contributed by atoms with Crippen molar-refractivity contribution >= 4 is 79.0 Å². The highest BCUT2D eigenvalue weighted by molar-refractivity contribution is 5.96. The quantitative estimate of drug-likeness (QED) is 0.0633. The number of rotatable bonds is 23. The zero-order chi connectivity index (χ0) is 89.6. The van der Waals surface area contributed by atoms with Gasteiger partial charge in [0.15, 0.2) is 0 Å². The molecule has 0 atom stereocenters. The average Bonchev–Trinajstić information content (AvgIpc) is 0.774. The summed E-state index contributed by atoms with van der Waals surface area (Å²) in [6.45, 7) is 0. The van der Waals surface area contributed by atoms with E-state index in [0.717, 1.165) is 90.5 Å². The van der Waals surface area contributed by atoms with E-state index in [-0.39, 0.29) is 0 Å². The number of hydrogen-bond donors (Lipinski definition) is 0. The molecular formula is C130H94N4. The standard InChI is InChI=1S/C66H48N2.C64H46N2/c1-6-16-49(17-7-1)52-28-32-58(33-29-52)66-48-64(68(60-24-14-5-15-25-60)63-44-36-55(37-45-63)51-20-10-3-11-21-51)46-47-65(66)57-30-26-53(27-31-57)56-38-42-62(43-39-56)67(59-22-12-4-13-23-59)61-40-34-54(35-41-61)50-18-8-2-9-19-50;1-5-15-47(16-6-1)51-31-37-59(38-32-51)65(57-21-9-3-10-22-57)60-39-35-53(36-40-60)50-25-28-54(29-26-50)63-44-43-62(46-64(63)56-30-27-49-19-13-14-20-55(49)45-56)66(58-23-11-4-12-24-58)61-41-33-52(34-42-61)48-17-7-2-8-18-48/h1-48H;1-46H. The summed E-state index contributed by atoms with van der Waals surface area (Å²) >= 11 is 0. The topological polar surface area (TPSA) is 13.0 Å². The van der Waals surface area contributed by atoms with E-state index in [0.29, 0.717) is 0 Å². The van der Waals surface area contributed by atoms with Crippen LogP contribution in [0.5, 0.6) is 0 Å². The molecule has 0 N–H and O–H groups in total. The van der Waals surface area contributed by atoms with Crippen LogP contribution in [0, 0.1) is 0 Å². The summed E-state index contributed by atoms with van der Waals surface area (Å²) in [4.78, 5) is 9.34. The molecule has 0 unspecified atom stereocenters. The molecule has 22 rings (SSSR count). The van der Waals surface area contributed by atoms with Crippen LogP contribution < -0.4 is 19.6 Å². The molecule has 22 aromatic rings. The largest absolute Gasteiger partial charge is 0.311 e. The molecule has 4 nitrogen and oxygen atoms in total. The fourth-order valence-corrected chi connectivity index (χ4v) is 18.3. The van der Waals surface area contributed by atoms with E-state index in [4.69, 9.17) is 0 Å². The van der Waals surface area contributed by atoms with Crippen molar-refractivity contribution in [3.05, 3.63) is 570 Å². The second-order valence-corrected chi connectivity index (χ2v) is 33.5. The second kappa shape index (κ2) is 39.1. The molecule has 0 saturated carbocycles. The molecule has 134 heavy (non-hydrogen) atoms. The van der Waals surface area contributed by atoms with Gasteiger partial charge in [0.2, 0.25) is 0 Å². The fraction of sp³-hybridized carbons (Fsp3) is 0. The molecule has 0 radical (unpaired) electrons. The van der Waals surface area contributed by atoms with Crippen molar-refractivity contribution in [2.45, 2.75) is 0 Å². The Morgan fingerprint density at radius 3 is 0.485 bits per heavy atom. The molecule has 22 aromatic carbocycles. The summed E-state index contributed by atoms with van der Waals surface area (Å²) in [5.41, 5.74) is 39.2. The second-order valence-electron chi connectivity index (χ2n) is 33.5. The van der Waals surface area contributed by atoms with E-state index in [1.54, 1.807) is 0 Å². The Morgan fingerprint density at radius 2 is 0.239 bits per heavy atom. The van der Waals surface area contributed by atoms with Crippen LogP contribution in [0.25, 0.3) is 133 Å². The third-order valence-electron chi connectivity index (χ3n) is 25.2. The van der Waals surface area contributed by atoms with Gasteiger partial charge in [-0.15, -0.1) is 0 Å². The Morgan fingerprint density at radius 1 is 0.0821 bits per heavy atom. The molecule has 0 aliphatic heterocycles. The molecule has 0 fully saturated rings. The van der Waals surface area contributed by atoms with Crippen LogP contribution >= 0.6 is 0 Å². The molecule has 0 aromatic heterocycles. The average molecular weight is 1710 g/mol. The molecule has 4 heteroatoms. The van der Waals surface area contributed by atoms with E-state index in [1.807, 2.05) is 0 Å². The summed E-state index contributed by atoms with van der Waals surface area (Å²) in [5.74, 6) is 0. The van der Waals surface area contributed by atoms with Crippen LogP contribution in [-0.4, -0.2) is 0 Å². The molecule has 634 valence electrons. The van der Waals surface area contributed by atoms with Gasteiger partial charge in [0, 0.05) is 68.2 Å². The predicted molar refractivity (Wildman–Crippen MR) is 569 cm³/mol. The van der Waals surface area contributed by atoms with Crippen LogP contribution in [-0.2, 0) is 0 Å². The maximum Gasteiger partial charge on any atom is 0.0468 e. The van der Waals surface area contributed by atoms with Gasteiger partial charge in [-0.2, -0.15) is 0 Å². The highest BCUT2D eigenvalue weighted by Crippen LogP contribution is 2.47. The minimum atomic E-state index is 1.09. The molecule has 0 spiro atoms. The summed E-state index contributed by atoms with van der Waals surface area (Å²) < 4.78 is 0. The molecule has 0 saturated heterocycles. The van der Waals surface area contributed by atoms with Gasteiger partial charge in [-0.25, -0.2) is 0 Å². The van der Waals surface area contributed by atoms with E-state index in [1.165, 1.54) is 111 Å². The Hall–Kier alpha value is -17.7. The SMILES string of the molecule is c1ccc(-c2ccc(-c3cc(N(c4ccccc4)c4ccc(-c5ccccc5)cc4)ccc3-c3ccc(-c4ccc(N(c5ccccc5)c5ccc(-c6ccccc6)cc5)cc4)cc3)cc2)cc1.c1ccc(-c2ccc(N(c3ccccc3)c3ccc(-c4ccc(-c5ccc(N(c6ccccc6)c6ccc(-c7ccccc7)cc6)cc5-c5ccc6ccccc6c5)cc4)cc3)cc2)cc1. The monoisotopic (exact) mass is 1710 g/mol. The number of anilines is 12. The van der Waals surface area contributed by atoms with Crippen LogP contribution in [0.1, 0.15) is 0 Å². The summed E-state index contributed by atoms with van der Waals surface area (Å²) in [5, 5.41) is 2.45. The Kier molecular flexibility index (Phi) is 24.3. The maximum atomic E-state index is 2.36. The maximum absolute atomic E-state index is 2.36. The minimum Gasteiger partial charge on any atom is -0.311 e. The summed E-state index contributed by atoms with van der Waals surface area (Å²) in [6, 6.07) is 205. The van der Waals surface area contributed by atoms with Crippen molar-refractivity contribution in [1.82, 2.24) is 0 Å². The number of fused-ring (bicyclic) bond motifs is 1. The van der Waals surface area contributed by atoms with Crippen molar-refractivity contribution in [3.63, 3.8) is 0 Å². The van der Waals surface area contributed by atoms with Gasteiger partial charge in [0.1, 0.15) is 0 Å². The van der Waals surface area contributed by atoms with Gasteiger partial charge in [0.05, 0.1) is 0 Å². The van der Waals surface area contributed by atoms with Gasteiger partial charge in [0.25, 0.3) is 0 Å². The smallest absolute Gasteiger partial charge is 0.0468 e. The highest BCUT2D eigenvalue weighted by Gasteiger charge is 2.23. The van der Waals surface area contributed by atoms with Crippen LogP contribution in [0.4, 0.5) is 68.2 Å². The first-order valence-electron chi connectivity index (χ1n) is 45.8. The molecule has 0 aliphatic carbocycles. The van der Waals surface area contributed by atoms with E-state index in [2.05, 4.69) is 590 Å². The van der Waals surface area contributed by atoms with Crippen LogP contribution in [0.2, 0.25) is 0 Å². The Labute approximate surface area is 785 Å². The fourth-order valence-electron chi connectivity index (χ4n) is 18.3. The van der Waals surface area contributed by atoms with Crippen LogP contribution in [0.15, 0.2) is 570 Å². The van der Waals surface area contributed by atoms with Crippen LogP contribution in [0.3, 0.4) is 0 Å². The third kappa shape index (κ3) is 18.4. The van der Waals surface area contributed by atoms with Crippen molar-refractivity contribution in [1.29, 1.82) is 0 Å². The molecule has 0 aliphatic rings. The predicted octanol–water partition coefficient (Wildman–Crippen LogP) is 36.7. The number of para-hydroxylation sites is 4. The number of hydrogen-bond acceptors (Lipinski definition) is 4. The molecule has 0 heterocycles. The van der Waals surface area contributed by atoms with Gasteiger partial charge in [-0.1, -0.05) is 419 Å². The van der Waals surface area contributed by atoms with Crippen molar-refractivity contribution in [3.8, 4) is 122 Å². The first-order valence-corrected chi connectivity index (χ1v) is 45.8. The van der Waals surface area contributed by atoms with Crippen molar-refractivity contribution < 1.29 is 0 Å². The Bertz CT molecular complexity index is 7630. The minimum absolute atomic E-state index is 1.09. The Balaban J connectivity index is 0.000000161. The zero-order valence-electron chi connectivity index (χ0n) is 74.1. The third-order valence-corrected chi connectivity index (χ3v) is 25.2. The normalized spacial score (nSPS) is 11.0. The van der Waals surface area contributed by atoms with Gasteiger partial charge in [-0.3, -0.25) is 0 Å². The lowest BCUT2D eigenvalue weighted by Crippen LogP contribution is -2.10. The van der Waals surface area contributed by atoms with Crippen molar-refractivity contribution in [2.24, 2.45) is 0 Å². The van der Waals surface area contributed by atoms with E-state index >= 15 is 0 Å². The lowest BCUT2D eigenvalue weighted by atomic mass is 9.91. The lowest BCUT2D eigenvalue weighted by molar-refractivity contribution is 1.28. The highest BCUT2D eigenvalue weighted by atomic mass is 15.2. The molecule has 0 bridgehead atoms. The van der Waals surface area contributed by atoms with Gasteiger partial charge < -0.3 is 19.6 Å². The summed E-state index contributed by atoms with van der Waals surface area (Å²) in [6.07, 6.45) is 0. The van der Waals surface area contributed by atoms with Gasteiger partial charge >= 0.3 is 0 Å². The molecular weight excluding hydrogens is 1620 g/mol. The lowest BCUT2D eigenvalue weighted by Gasteiger charge is -2.27. The molecule has 0 amide bonds. The van der Waals surface area contributed by atoms with Crippen molar-refractivity contribution in [2.75, 3.05) is 19.6 Å². The first kappa shape index (κ1) is 83.2.